The highest BCUT2D eigenvalue weighted by Crippen LogP contribution is 2.30. The van der Waals surface area contributed by atoms with Gasteiger partial charge in [-0.05, 0) is 38.8 Å². The third kappa shape index (κ3) is 3.06. The number of carbonyl (C=O) groups is 1. The first kappa shape index (κ1) is 16.3. The average Bonchev–Trinajstić information content (AvgIpc) is 2.51. The van der Waals surface area contributed by atoms with Gasteiger partial charge in [-0.1, -0.05) is 25.1 Å². The Bertz CT molecular complexity index is 692. The molecule has 0 spiro atoms. The third-order valence-corrected chi connectivity index (χ3v) is 4.10. The molecule has 0 aliphatic rings. The van der Waals surface area contributed by atoms with Gasteiger partial charge in [-0.3, -0.25) is 9.78 Å². The summed E-state index contributed by atoms with van der Waals surface area (Å²) in [5, 5.41) is 7.34. The lowest BCUT2D eigenvalue weighted by atomic mass is 9.91. The quantitative estimate of drug-likeness (QED) is 0.890. The van der Waals surface area contributed by atoms with Crippen molar-refractivity contribution in [3.63, 3.8) is 0 Å². The van der Waals surface area contributed by atoms with Gasteiger partial charge in [0.05, 0.1) is 10.9 Å². The molecule has 1 heterocycles. The van der Waals surface area contributed by atoms with Crippen LogP contribution >= 0.6 is 0 Å². The predicted octanol–water partition coefficient (Wildman–Crippen LogP) is 3.29. The summed E-state index contributed by atoms with van der Waals surface area (Å²) in [7, 11) is 1.67. The fourth-order valence-electron chi connectivity index (χ4n) is 2.74. The molecule has 4 nitrogen and oxygen atoms in total. The van der Waals surface area contributed by atoms with E-state index in [4.69, 9.17) is 0 Å². The smallest absolute Gasteiger partial charge is 0.227 e. The van der Waals surface area contributed by atoms with Gasteiger partial charge in [0.25, 0.3) is 0 Å². The molecule has 0 saturated carbocycles. The van der Waals surface area contributed by atoms with Crippen molar-refractivity contribution in [2.45, 2.75) is 34.1 Å². The molecule has 1 aromatic carbocycles. The van der Waals surface area contributed by atoms with Gasteiger partial charge in [0, 0.05) is 30.4 Å². The van der Waals surface area contributed by atoms with Gasteiger partial charge < -0.3 is 10.6 Å². The maximum Gasteiger partial charge on any atom is 0.227 e. The lowest BCUT2D eigenvalue weighted by Gasteiger charge is -2.25. The number of aryl methyl sites for hydroxylation is 1. The van der Waals surface area contributed by atoms with Crippen molar-refractivity contribution in [1.82, 2.24) is 10.3 Å². The number of nitrogens with one attached hydrogen (secondary N) is 2. The van der Waals surface area contributed by atoms with Crippen molar-refractivity contribution in [2.24, 2.45) is 5.41 Å². The summed E-state index contributed by atoms with van der Waals surface area (Å²) >= 11 is 0. The SMILES string of the molecule is CCc1c(C)nc2ccccc2c1NCC(C)(C)C(=O)NC. The number of hydrogen-bond acceptors (Lipinski definition) is 3. The van der Waals surface area contributed by atoms with E-state index in [1.54, 1.807) is 7.05 Å². The zero-order valence-electron chi connectivity index (χ0n) is 14.1. The van der Waals surface area contributed by atoms with Crippen LogP contribution in [-0.2, 0) is 11.2 Å². The largest absolute Gasteiger partial charge is 0.383 e. The molecule has 0 aliphatic carbocycles. The minimum Gasteiger partial charge on any atom is -0.383 e. The Balaban J connectivity index is 2.43. The highest BCUT2D eigenvalue weighted by molar-refractivity contribution is 5.93. The van der Waals surface area contributed by atoms with Gasteiger partial charge in [0.15, 0.2) is 0 Å². The molecule has 22 heavy (non-hydrogen) atoms. The number of benzene rings is 1. The molecule has 0 saturated heterocycles. The first-order valence-corrected chi connectivity index (χ1v) is 7.75. The molecule has 1 amide bonds. The second kappa shape index (κ2) is 6.34. The van der Waals surface area contributed by atoms with E-state index < -0.39 is 5.41 Å². The molecule has 2 rings (SSSR count). The minimum atomic E-state index is -0.474. The van der Waals surface area contributed by atoms with Crippen LogP contribution in [0.5, 0.6) is 0 Å². The molecule has 0 fully saturated rings. The van der Waals surface area contributed by atoms with Crippen LogP contribution in [-0.4, -0.2) is 24.5 Å². The molecule has 118 valence electrons. The average molecular weight is 299 g/mol. The monoisotopic (exact) mass is 299 g/mol. The van der Waals surface area contributed by atoms with Gasteiger partial charge in [-0.25, -0.2) is 0 Å². The first-order valence-electron chi connectivity index (χ1n) is 7.75. The topological polar surface area (TPSA) is 54.0 Å². The van der Waals surface area contributed by atoms with Crippen LogP contribution in [0.15, 0.2) is 24.3 Å². The second-order valence-electron chi connectivity index (χ2n) is 6.24. The van der Waals surface area contributed by atoms with Crippen LogP contribution in [0, 0.1) is 12.3 Å². The Labute approximate surface area is 132 Å². The molecular weight excluding hydrogens is 274 g/mol. The van der Waals surface area contributed by atoms with E-state index in [0.29, 0.717) is 6.54 Å². The van der Waals surface area contributed by atoms with E-state index in [1.165, 1.54) is 5.56 Å². The maximum atomic E-state index is 12.0. The van der Waals surface area contributed by atoms with Crippen LogP contribution in [0.2, 0.25) is 0 Å². The summed E-state index contributed by atoms with van der Waals surface area (Å²) in [6.45, 7) is 8.64. The molecular formula is C18H25N3O. The predicted molar refractivity (Wildman–Crippen MR) is 92.2 cm³/mol. The van der Waals surface area contributed by atoms with Gasteiger partial charge in [-0.15, -0.1) is 0 Å². The molecule has 0 atom stereocenters. The second-order valence-corrected chi connectivity index (χ2v) is 6.24. The van der Waals surface area contributed by atoms with Gasteiger partial charge in [0.1, 0.15) is 0 Å². The number of para-hydroxylation sites is 1. The molecule has 0 aliphatic heterocycles. The van der Waals surface area contributed by atoms with E-state index in [1.807, 2.05) is 39.0 Å². The number of fused-ring (bicyclic) bond motifs is 1. The summed E-state index contributed by atoms with van der Waals surface area (Å²) in [6.07, 6.45) is 0.909. The zero-order valence-corrected chi connectivity index (χ0v) is 14.1. The number of amides is 1. The Kier molecular flexibility index (Phi) is 4.69. The van der Waals surface area contributed by atoms with Crippen LogP contribution in [0.3, 0.4) is 0 Å². The van der Waals surface area contributed by atoms with E-state index in [-0.39, 0.29) is 5.91 Å². The Hall–Kier alpha value is -2.10. The Morgan fingerprint density at radius 2 is 1.95 bits per heavy atom. The molecule has 4 heteroatoms. The standard InChI is InChI=1S/C18H25N3O/c1-6-13-12(2)21-15-10-8-7-9-14(15)16(13)20-11-18(3,4)17(22)19-5/h7-10H,6,11H2,1-5H3,(H,19,22)(H,20,21). The molecule has 0 bridgehead atoms. The first-order chi connectivity index (χ1) is 10.4. The van der Waals surface area contributed by atoms with Crippen molar-refractivity contribution >= 4 is 22.5 Å². The number of rotatable bonds is 5. The minimum absolute atomic E-state index is 0.0353. The summed E-state index contributed by atoms with van der Waals surface area (Å²) in [4.78, 5) is 16.7. The molecule has 2 aromatic rings. The number of aromatic nitrogens is 1. The van der Waals surface area contributed by atoms with E-state index >= 15 is 0 Å². The Morgan fingerprint density at radius 1 is 1.27 bits per heavy atom. The third-order valence-electron chi connectivity index (χ3n) is 4.10. The van der Waals surface area contributed by atoms with E-state index in [9.17, 15) is 4.79 Å². The van der Waals surface area contributed by atoms with Crippen LogP contribution < -0.4 is 10.6 Å². The molecule has 0 radical (unpaired) electrons. The normalized spacial score (nSPS) is 11.5. The van der Waals surface area contributed by atoms with Crippen LogP contribution in [0.4, 0.5) is 5.69 Å². The highest BCUT2D eigenvalue weighted by Gasteiger charge is 2.27. The van der Waals surface area contributed by atoms with Crippen molar-refractivity contribution in [2.75, 3.05) is 18.9 Å². The highest BCUT2D eigenvalue weighted by atomic mass is 16.2. The van der Waals surface area contributed by atoms with Crippen molar-refractivity contribution < 1.29 is 4.79 Å². The fraction of sp³-hybridized carbons (Fsp3) is 0.444. The van der Waals surface area contributed by atoms with Gasteiger partial charge in [-0.2, -0.15) is 0 Å². The fourth-order valence-corrected chi connectivity index (χ4v) is 2.74. The van der Waals surface area contributed by atoms with Crippen LogP contribution in [0.1, 0.15) is 32.0 Å². The summed E-state index contributed by atoms with van der Waals surface area (Å²) < 4.78 is 0. The van der Waals surface area contributed by atoms with Crippen LogP contribution in [0.25, 0.3) is 10.9 Å². The van der Waals surface area contributed by atoms with E-state index in [0.717, 1.165) is 28.7 Å². The van der Waals surface area contributed by atoms with Crippen molar-refractivity contribution in [1.29, 1.82) is 0 Å². The van der Waals surface area contributed by atoms with Crippen molar-refractivity contribution in [3.05, 3.63) is 35.5 Å². The number of anilines is 1. The lowest BCUT2D eigenvalue weighted by Crippen LogP contribution is -2.39. The number of carbonyl (C=O) groups excluding carboxylic acids is 1. The number of nitrogens with zero attached hydrogens (tertiary/aromatic N) is 1. The number of hydrogen-bond donors (Lipinski definition) is 2. The van der Waals surface area contributed by atoms with Gasteiger partial charge in [0.2, 0.25) is 5.91 Å². The lowest BCUT2D eigenvalue weighted by molar-refractivity contribution is -0.128. The Morgan fingerprint density at radius 3 is 2.59 bits per heavy atom. The van der Waals surface area contributed by atoms with Crippen molar-refractivity contribution in [3.8, 4) is 0 Å². The summed E-state index contributed by atoms with van der Waals surface area (Å²) in [6, 6.07) is 8.12. The molecule has 1 aromatic heterocycles. The van der Waals surface area contributed by atoms with Gasteiger partial charge >= 0.3 is 0 Å². The zero-order chi connectivity index (χ0) is 16.3. The van der Waals surface area contributed by atoms with E-state index in [2.05, 4.69) is 28.6 Å². The molecule has 2 N–H and O–H groups in total. The summed E-state index contributed by atoms with van der Waals surface area (Å²) in [5.74, 6) is 0.0353. The number of pyridine rings is 1. The maximum absolute atomic E-state index is 12.0. The molecule has 0 unspecified atom stereocenters. The summed E-state index contributed by atoms with van der Waals surface area (Å²) in [5.41, 5.74) is 3.87.